The molecule has 1 fully saturated rings. The number of hydrogen-bond donors (Lipinski definition) is 1. The molecular weight excluding hydrogens is 290 g/mol. The molecule has 0 aromatic carbocycles. The highest BCUT2D eigenvalue weighted by molar-refractivity contribution is 8.00. The summed E-state index contributed by atoms with van der Waals surface area (Å²) in [6, 6.07) is 2.00. The van der Waals surface area contributed by atoms with E-state index in [1.807, 2.05) is 13.0 Å². The highest BCUT2D eigenvalue weighted by atomic mass is 32.2. The first-order valence-corrected chi connectivity index (χ1v) is 8.44. The average Bonchev–Trinajstić information content (AvgIpc) is 3.21. The summed E-state index contributed by atoms with van der Waals surface area (Å²) in [6.45, 7) is 4.99. The van der Waals surface area contributed by atoms with Gasteiger partial charge in [0.25, 0.3) is 0 Å². The zero-order chi connectivity index (χ0) is 13.9. The Bertz CT molecular complexity index is 594. The van der Waals surface area contributed by atoms with Crippen molar-refractivity contribution in [1.29, 1.82) is 0 Å². The van der Waals surface area contributed by atoms with Gasteiger partial charge in [0.1, 0.15) is 22.5 Å². The van der Waals surface area contributed by atoms with Crippen molar-refractivity contribution in [2.24, 2.45) is 0 Å². The van der Waals surface area contributed by atoms with Crippen molar-refractivity contribution in [3.05, 3.63) is 17.7 Å². The molecule has 2 aromatic rings. The van der Waals surface area contributed by atoms with Gasteiger partial charge in [0.05, 0.1) is 0 Å². The van der Waals surface area contributed by atoms with Crippen molar-refractivity contribution in [3.8, 4) is 0 Å². The molecule has 20 heavy (non-hydrogen) atoms. The van der Waals surface area contributed by atoms with E-state index in [1.54, 1.807) is 11.8 Å². The number of nitrogens with one attached hydrogen (secondary N) is 1. The van der Waals surface area contributed by atoms with E-state index in [0.717, 1.165) is 39.8 Å². The van der Waals surface area contributed by atoms with Gasteiger partial charge in [0.15, 0.2) is 4.34 Å². The van der Waals surface area contributed by atoms with Crippen molar-refractivity contribution < 1.29 is 0 Å². The number of anilines is 1. The molecule has 3 rings (SSSR count). The Morgan fingerprint density at radius 3 is 2.85 bits per heavy atom. The third kappa shape index (κ3) is 3.46. The van der Waals surface area contributed by atoms with E-state index in [2.05, 4.69) is 31.6 Å². The van der Waals surface area contributed by atoms with Crippen LogP contribution < -0.4 is 5.32 Å². The molecule has 0 atom stereocenters. The number of hydrogen-bond acceptors (Lipinski definition) is 7. The molecule has 0 bridgehead atoms. The molecule has 1 aliphatic carbocycles. The van der Waals surface area contributed by atoms with Crippen molar-refractivity contribution in [2.45, 2.75) is 48.4 Å². The SMILES string of the molecule is CCCNc1cc(Sc2nc(C)ns2)nc(C2CC2)n1. The van der Waals surface area contributed by atoms with Crippen LogP contribution in [0.2, 0.25) is 0 Å². The molecule has 0 radical (unpaired) electrons. The number of nitrogens with zero attached hydrogens (tertiary/aromatic N) is 4. The minimum atomic E-state index is 0.550. The second kappa shape index (κ2) is 6.05. The van der Waals surface area contributed by atoms with Gasteiger partial charge in [-0.1, -0.05) is 6.92 Å². The topological polar surface area (TPSA) is 63.6 Å². The molecule has 1 aliphatic rings. The maximum absolute atomic E-state index is 4.66. The van der Waals surface area contributed by atoms with Gasteiger partial charge in [0.2, 0.25) is 0 Å². The molecule has 2 heterocycles. The third-order valence-corrected chi connectivity index (χ3v) is 4.68. The third-order valence-electron chi connectivity index (χ3n) is 2.92. The van der Waals surface area contributed by atoms with Crippen LogP contribution >= 0.6 is 23.3 Å². The van der Waals surface area contributed by atoms with Crippen LogP contribution in [0.15, 0.2) is 15.4 Å². The fraction of sp³-hybridized carbons (Fsp3) is 0.538. The Kier molecular flexibility index (Phi) is 4.16. The summed E-state index contributed by atoms with van der Waals surface area (Å²) < 4.78 is 5.14. The lowest BCUT2D eigenvalue weighted by atomic mass is 10.4. The molecule has 1 saturated carbocycles. The summed E-state index contributed by atoms with van der Waals surface area (Å²) in [5.74, 6) is 3.26. The van der Waals surface area contributed by atoms with E-state index in [4.69, 9.17) is 0 Å². The molecule has 2 aromatic heterocycles. The van der Waals surface area contributed by atoms with E-state index < -0.39 is 0 Å². The molecule has 106 valence electrons. The van der Waals surface area contributed by atoms with Gasteiger partial charge >= 0.3 is 0 Å². The largest absolute Gasteiger partial charge is 0.370 e. The Labute approximate surface area is 126 Å². The highest BCUT2D eigenvalue weighted by Crippen LogP contribution is 2.39. The van der Waals surface area contributed by atoms with Gasteiger partial charge < -0.3 is 5.32 Å². The molecule has 5 nitrogen and oxygen atoms in total. The molecule has 0 unspecified atom stereocenters. The fourth-order valence-corrected chi connectivity index (χ4v) is 3.38. The van der Waals surface area contributed by atoms with Crippen molar-refractivity contribution in [3.63, 3.8) is 0 Å². The maximum atomic E-state index is 4.66. The van der Waals surface area contributed by atoms with E-state index in [1.165, 1.54) is 24.4 Å². The van der Waals surface area contributed by atoms with Crippen molar-refractivity contribution >= 4 is 29.1 Å². The van der Waals surface area contributed by atoms with Crippen LogP contribution in [0, 0.1) is 6.92 Å². The van der Waals surface area contributed by atoms with Crippen LogP contribution in [0.4, 0.5) is 5.82 Å². The molecule has 0 amide bonds. The molecule has 0 saturated heterocycles. The molecule has 0 spiro atoms. The summed E-state index contributed by atoms with van der Waals surface area (Å²) in [7, 11) is 0. The summed E-state index contributed by atoms with van der Waals surface area (Å²) in [4.78, 5) is 13.6. The van der Waals surface area contributed by atoms with Crippen LogP contribution in [-0.2, 0) is 0 Å². The lowest BCUT2D eigenvalue weighted by Gasteiger charge is -2.08. The summed E-state index contributed by atoms with van der Waals surface area (Å²) in [5, 5.41) is 4.31. The van der Waals surface area contributed by atoms with Gasteiger partial charge in [-0.15, -0.1) is 0 Å². The molecular formula is C13H17N5S2. The van der Waals surface area contributed by atoms with Gasteiger partial charge in [-0.3, -0.25) is 0 Å². The first-order valence-electron chi connectivity index (χ1n) is 6.85. The Morgan fingerprint density at radius 2 is 2.20 bits per heavy atom. The van der Waals surface area contributed by atoms with Gasteiger partial charge in [-0.05, 0) is 49.5 Å². The standard InChI is InChI=1S/C13H17N5S2/c1-3-6-14-10-7-11(17-12(16-10)9-4-5-9)19-13-15-8(2)18-20-13/h7,9H,3-6H2,1-2H3,(H,14,16,17). The molecule has 7 heteroatoms. The minimum Gasteiger partial charge on any atom is -0.370 e. The van der Waals surface area contributed by atoms with Crippen molar-refractivity contribution in [1.82, 2.24) is 19.3 Å². The van der Waals surface area contributed by atoms with E-state index in [0.29, 0.717) is 5.92 Å². The Balaban J connectivity index is 1.82. The fourth-order valence-electron chi connectivity index (χ4n) is 1.77. The van der Waals surface area contributed by atoms with Gasteiger partial charge in [0, 0.05) is 18.5 Å². The lowest BCUT2D eigenvalue weighted by molar-refractivity contribution is 0.868. The monoisotopic (exact) mass is 307 g/mol. The summed E-state index contributed by atoms with van der Waals surface area (Å²) in [5.41, 5.74) is 0. The zero-order valence-corrected chi connectivity index (χ0v) is 13.2. The normalized spacial score (nSPS) is 14.5. The lowest BCUT2D eigenvalue weighted by Crippen LogP contribution is -2.05. The smallest absolute Gasteiger partial charge is 0.176 e. The predicted molar refractivity (Wildman–Crippen MR) is 81.6 cm³/mol. The van der Waals surface area contributed by atoms with E-state index in [-0.39, 0.29) is 0 Å². The molecule has 0 aliphatic heterocycles. The van der Waals surface area contributed by atoms with Crippen LogP contribution in [0.1, 0.15) is 43.8 Å². The van der Waals surface area contributed by atoms with Crippen LogP contribution in [0.25, 0.3) is 0 Å². The highest BCUT2D eigenvalue weighted by Gasteiger charge is 2.27. The number of aryl methyl sites for hydroxylation is 1. The van der Waals surface area contributed by atoms with Crippen molar-refractivity contribution in [2.75, 3.05) is 11.9 Å². The van der Waals surface area contributed by atoms with Gasteiger partial charge in [-0.25, -0.2) is 15.0 Å². The van der Waals surface area contributed by atoms with Gasteiger partial charge in [-0.2, -0.15) is 4.37 Å². The van der Waals surface area contributed by atoms with Crippen LogP contribution in [0.5, 0.6) is 0 Å². The number of rotatable bonds is 6. The average molecular weight is 307 g/mol. The van der Waals surface area contributed by atoms with E-state index >= 15 is 0 Å². The predicted octanol–water partition coefficient (Wildman–Crippen LogP) is 3.49. The quantitative estimate of drug-likeness (QED) is 0.824. The van der Waals surface area contributed by atoms with Crippen LogP contribution in [-0.4, -0.2) is 25.9 Å². The van der Waals surface area contributed by atoms with Crippen LogP contribution in [0.3, 0.4) is 0 Å². The second-order valence-electron chi connectivity index (χ2n) is 4.86. The maximum Gasteiger partial charge on any atom is 0.176 e. The zero-order valence-electron chi connectivity index (χ0n) is 11.6. The number of aromatic nitrogens is 4. The molecule has 1 N–H and O–H groups in total. The van der Waals surface area contributed by atoms with E-state index in [9.17, 15) is 0 Å². The first-order chi connectivity index (χ1) is 9.74. The first kappa shape index (κ1) is 13.8. The minimum absolute atomic E-state index is 0.550. The Morgan fingerprint density at radius 1 is 1.35 bits per heavy atom. The summed E-state index contributed by atoms with van der Waals surface area (Å²) >= 11 is 2.99. The second-order valence-corrected chi connectivity index (χ2v) is 6.88. The summed E-state index contributed by atoms with van der Waals surface area (Å²) in [6.07, 6.45) is 3.50. The Hall–Kier alpha value is -1.21.